The van der Waals surface area contributed by atoms with Gasteiger partial charge in [-0.1, -0.05) is 15.9 Å². The van der Waals surface area contributed by atoms with E-state index in [9.17, 15) is 30.1 Å². The van der Waals surface area contributed by atoms with E-state index in [1.807, 2.05) is 0 Å². The summed E-state index contributed by atoms with van der Waals surface area (Å²) in [6.07, 6.45) is 0. The zero-order valence-corrected chi connectivity index (χ0v) is 12.8. The smallest absolute Gasteiger partial charge is 0.278 e. The van der Waals surface area contributed by atoms with E-state index >= 15 is 0 Å². The van der Waals surface area contributed by atoms with E-state index in [0.29, 0.717) is 4.47 Å². The molecular formula is C13H8BrN3O6. The molecule has 0 aliphatic heterocycles. The van der Waals surface area contributed by atoms with E-state index in [1.165, 1.54) is 18.2 Å². The van der Waals surface area contributed by atoms with Crippen molar-refractivity contribution in [1.82, 2.24) is 0 Å². The number of anilines is 1. The summed E-state index contributed by atoms with van der Waals surface area (Å²) in [4.78, 5) is 32.1. The van der Waals surface area contributed by atoms with Gasteiger partial charge in [-0.05, 0) is 18.2 Å². The molecule has 2 aromatic carbocycles. The number of nitro groups is 2. The number of amides is 1. The molecule has 2 aromatic rings. The number of phenolic OH excluding ortho intramolecular Hbond substituents is 1. The quantitative estimate of drug-likeness (QED) is 0.616. The fourth-order valence-corrected chi connectivity index (χ4v) is 2.13. The number of hydrogen-bond donors (Lipinski definition) is 2. The zero-order chi connectivity index (χ0) is 17.1. The highest BCUT2D eigenvalue weighted by Gasteiger charge is 2.19. The first-order valence-corrected chi connectivity index (χ1v) is 6.81. The first kappa shape index (κ1) is 16.4. The Labute approximate surface area is 137 Å². The van der Waals surface area contributed by atoms with Gasteiger partial charge in [0.15, 0.2) is 0 Å². The molecule has 23 heavy (non-hydrogen) atoms. The van der Waals surface area contributed by atoms with Crippen LogP contribution in [0, 0.1) is 20.2 Å². The van der Waals surface area contributed by atoms with E-state index in [4.69, 9.17) is 0 Å². The minimum absolute atomic E-state index is 0.0893. The van der Waals surface area contributed by atoms with Crippen LogP contribution in [0.15, 0.2) is 40.9 Å². The van der Waals surface area contributed by atoms with Crippen LogP contribution in [0.3, 0.4) is 0 Å². The minimum Gasteiger partial charge on any atom is -0.507 e. The lowest BCUT2D eigenvalue weighted by Gasteiger charge is -2.07. The van der Waals surface area contributed by atoms with Crippen LogP contribution in [0.25, 0.3) is 0 Å². The third kappa shape index (κ3) is 3.80. The van der Waals surface area contributed by atoms with E-state index in [2.05, 4.69) is 21.2 Å². The summed E-state index contributed by atoms with van der Waals surface area (Å²) >= 11 is 3.14. The number of carbonyl (C=O) groups excluding carboxylic acids is 1. The Kier molecular flexibility index (Phi) is 4.55. The summed E-state index contributed by atoms with van der Waals surface area (Å²) in [5.74, 6) is -1.07. The van der Waals surface area contributed by atoms with Crippen LogP contribution in [0.5, 0.6) is 5.75 Å². The molecule has 0 aromatic heterocycles. The summed E-state index contributed by atoms with van der Waals surface area (Å²) in [7, 11) is 0. The normalized spacial score (nSPS) is 10.1. The first-order valence-electron chi connectivity index (χ1n) is 6.01. The third-order valence-electron chi connectivity index (χ3n) is 2.79. The molecule has 2 rings (SSSR count). The average molecular weight is 382 g/mol. The summed E-state index contributed by atoms with van der Waals surface area (Å²) in [6, 6.07) is 6.90. The molecule has 0 saturated heterocycles. The van der Waals surface area contributed by atoms with Crippen molar-refractivity contribution in [3.8, 4) is 5.75 Å². The second-order valence-corrected chi connectivity index (χ2v) is 5.28. The molecule has 0 bridgehead atoms. The molecule has 0 fully saturated rings. The lowest BCUT2D eigenvalue weighted by molar-refractivity contribution is -0.394. The fourth-order valence-electron chi connectivity index (χ4n) is 1.77. The number of rotatable bonds is 4. The molecular weight excluding hydrogens is 374 g/mol. The van der Waals surface area contributed by atoms with Crippen molar-refractivity contribution in [1.29, 1.82) is 0 Å². The van der Waals surface area contributed by atoms with Gasteiger partial charge in [0, 0.05) is 16.6 Å². The SMILES string of the molecule is O=C(Nc1cc([N+](=O)[O-])cc([N+](=O)[O-])c1)c1cc(Br)ccc1O. The number of non-ortho nitro benzene ring substituents is 2. The van der Waals surface area contributed by atoms with Crippen LogP contribution in [0.1, 0.15) is 10.4 Å². The molecule has 0 radical (unpaired) electrons. The van der Waals surface area contributed by atoms with Crippen LogP contribution in [-0.4, -0.2) is 20.9 Å². The van der Waals surface area contributed by atoms with Crippen molar-refractivity contribution >= 4 is 38.9 Å². The van der Waals surface area contributed by atoms with Crippen molar-refractivity contribution in [3.05, 3.63) is 66.7 Å². The Morgan fingerprint density at radius 2 is 1.61 bits per heavy atom. The highest BCUT2D eigenvalue weighted by molar-refractivity contribution is 9.10. The predicted molar refractivity (Wildman–Crippen MR) is 83.5 cm³/mol. The number of aromatic hydroxyl groups is 1. The molecule has 0 saturated carbocycles. The number of halogens is 1. The van der Waals surface area contributed by atoms with Gasteiger partial charge in [-0.25, -0.2) is 0 Å². The van der Waals surface area contributed by atoms with Crippen LogP contribution in [0.2, 0.25) is 0 Å². The van der Waals surface area contributed by atoms with Crippen LogP contribution in [-0.2, 0) is 0 Å². The Morgan fingerprint density at radius 1 is 1.04 bits per heavy atom. The highest BCUT2D eigenvalue weighted by atomic mass is 79.9. The molecule has 10 heteroatoms. The number of carbonyl (C=O) groups is 1. The van der Waals surface area contributed by atoms with Gasteiger partial charge in [-0.2, -0.15) is 0 Å². The largest absolute Gasteiger partial charge is 0.507 e. The number of nitrogens with zero attached hydrogens (tertiary/aromatic N) is 2. The number of nitro benzene ring substituents is 2. The predicted octanol–water partition coefficient (Wildman–Crippen LogP) is 3.22. The van der Waals surface area contributed by atoms with Gasteiger partial charge in [0.1, 0.15) is 5.75 Å². The molecule has 0 spiro atoms. The van der Waals surface area contributed by atoms with Crippen molar-refractivity contribution < 1.29 is 19.7 Å². The third-order valence-corrected chi connectivity index (χ3v) is 3.28. The topological polar surface area (TPSA) is 136 Å². The second kappa shape index (κ2) is 6.40. The van der Waals surface area contributed by atoms with Gasteiger partial charge in [0.05, 0.1) is 27.2 Å². The van der Waals surface area contributed by atoms with Gasteiger partial charge >= 0.3 is 0 Å². The maximum atomic E-state index is 12.1. The van der Waals surface area contributed by atoms with Gasteiger partial charge in [0.25, 0.3) is 17.3 Å². The van der Waals surface area contributed by atoms with Crippen molar-refractivity contribution in [2.75, 3.05) is 5.32 Å². The van der Waals surface area contributed by atoms with Gasteiger partial charge in [0.2, 0.25) is 0 Å². The fraction of sp³-hybridized carbons (Fsp3) is 0. The molecule has 9 nitrogen and oxygen atoms in total. The molecule has 2 N–H and O–H groups in total. The molecule has 0 aliphatic carbocycles. The number of phenols is 1. The molecule has 1 amide bonds. The van der Waals surface area contributed by atoms with E-state index < -0.39 is 27.1 Å². The standard InChI is InChI=1S/C13H8BrN3O6/c14-7-1-2-12(18)11(3-7)13(19)15-8-4-9(16(20)21)6-10(5-8)17(22)23/h1-6,18H,(H,15,19). The molecule has 0 unspecified atom stereocenters. The minimum atomic E-state index is -0.806. The Bertz CT molecular complexity index is 791. The van der Waals surface area contributed by atoms with Gasteiger partial charge < -0.3 is 10.4 Å². The van der Waals surface area contributed by atoms with E-state index in [0.717, 1.165) is 18.2 Å². The summed E-state index contributed by atoms with van der Waals surface area (Å²) in [5.41, 5.74) is -1.29. The number of benzene rings is 2. The van der Waals surface area contributed by atoms with Crippen molar-refractivity contribution in [2.24, 2.45) is 0 Å². The Hall–Kier alpha value is -3.01. The van der Waals surface area contributed by atoms with E-state index in [1.54, 1.807) is 0 Å². The zero-order valence-electron chi connectivity index (χ0n) is 11.2. The van der Waals surface area contributed by atoms with Crippen molar-refractivity contribution in [2.45, 2.75) is 0 Å². The lowest BCUT2D eigenvalue weighted by atomic mass is 10.1. The molecule has 0 heterocycles. The summed E-state index contributed by atoms with van der Waals surface area (Å²) in [5, 5.41) is 33.6. The van der Waals surface area contributed by atoms with Crippen molar-refractivity contribution in [3.63, 3.8) is 0 Å². The maximum Gasteiger partial charge on any atom is 0.278 e. The monoisotopic (exact) mass is 381 g/mol. The second-order valence-electron chi connectivity index (χ2n) is 4.37. The van der Waals surface area contributed by atoms with E-state index in [-0.39, 0.29) is 17.0 Å². The molecule has 118 valence electrons. The maximum absolute atomic E-state index is 12.1. The number of hydrogen-bond acceptors (Lipinski definition) is 6. The van der Waals surface area contributed by atoms with Crippen LogP contribution < -0.4 is 5.32 Å². The Morgan fingerprint density at radius 3 is 2.13 bits per heavy atom. The molecule has 0 atom stereocenters. The van der Waals surface area contributed by atoms with Gasteiger partial charge in [-0.3, -0.25) is 25.0 Å². The average Bonchev–Trinajstić information content (AvgIpc) is 2.49. The highest BCUT2D eigenvalue weighted by Crippen LogP contribution is 2.27. The summed E-state index contributed by atoms with van der Waals surface area (Å²) in [6.45, 7) is 0. The van der Waals surface area contributed by atoms with Crippen LogP contribution >= 0.6 is 15.9 Å². The first-order chi connectivity index (χ1) is 10.8. The number of nitrogens with one attached hydrogen (secondary N) is 1. The summed E-state index contributed by atoms with van der Waals surface area (Å²) < 4.78 is 0.533. The molecule has 0 aliphatic rings. The van der Waals surface area contributed by atoms with Crippen LogP contribution in [0.4, 0.5) is 17.1 Å². The van der Waals surface area contributed by atoms with Gasteiger partial charge in [-0.15, -0.1) is 0 Å². The lowest BCUT2D eigenvalue weighted by Crippen LogP contribution is -2.12. The Balaban J connectivity index is 2.39.